The van der Waals surface area contributed by atoms with Crippen LogP contribution < -0.4 is 10.7 Å². The molecule has 2 aromatic heterocycles. The fraction of sp³-hybridized carbons (Fsp3) is 0.158. The Labute approximate surface area is 159 Å². The molecule has 28 heavy (non-hydrogen) atoms. The zero-order valence-corrected chi connectivity index (χ0v) is 14.8. The number of aryl methyl sites for hydroxylation is 1. The molecule has 3 N–H and O–H groups in total. The van der Waals surface area contributed by atoms with Crippen LogP contribution in [-0.4, -0.2) is 20.1 Å². The van der Waals surface area contributed by atoms with E-state index in [1.165, 1.54) is 24.3 Å². The van der Waals surface area contributed by atoms with Crippen molar-refractivity contribution >= 4 is 11.5 Å². The lowest BCUT2D eigenvalue weighted by Gasteiger charge is -2.20. The Morgan fingerprint density at radius 2 is 1.96 bits per heavy atom. The molecule has 1 aromatic carbocycles. The van der Waals surface area contributed by atoms with Gasteiger partial charge in [0.2, 0.25) is 11.2 Å². The van der Waals surface area contributed by atoms with Crippen LogP contribution in [0.5, 0.6) is 5.75 Å². The van der Waals surface area contributed by atoms with Crippen LogP contribution in [0.2, 0.25) is 0 Å². The molecule has 0 bridgehead atoms. The summed E-state index contributed by atoms with van der Waals surface area (Å²) in [6.45, 7) is 1.27. The van der Waals surface area contributed by atoms with Crippen LogP contribution in [0.1, 0.15) is 28.8 Å². The maximum absolute atomic E-state index is 12.1. The number of rotatable bonds is 6. The molecule has 2 heterocycles. The van der Waals surface area contributed by atoms with Gasteiger partial charge in [0.25, 0.3) is 5.69 Å². The molecule has 0 saturated carbocycles. The number of pyridine rings is 1. The third-order valence-electron chi connectivity index (χ3n) is 4.04. The lowest BCUT2D eigenvalue weighted by atomic mass is 10.0. The summed E-state index contributed by atoms with van der Waals surface area (Å²) in [4.78, 5) is 26.8. The number of nitrogens with one attached hydrogen (secondary N) is 1. The largest absolute Gasteiger partial charge is 0.502 e. The highest BCUT2D eigenvalue weighted by Gasteiger charge is 2.24. The number of aliphatic hydroxyl groups excluding tert-OH is 1. The third-order valence-corrected chi connectivity index (χ3v) is 4.04. The van der Waals surface area contributed by atoms with Crippen molar-refractivity contribution in [1.82, 2.24) is 4.98 Å². The minimum atomic E-state index is -0.880. The monoisotopic (exact) mass is 383 g/mol. The Balaban J connectivity index is 2.13. The van der Waals surface area contributed by atoms with Gasteiger partial charge in [-0.2, -0.15) is 0 Å². The fourth-order valence-corrected chi connectivity index (χ4v) is 2.69. The van der Waals surface area contributed by atoms with Crippen molar-refractivity contribution in [2.75, 3.05) is 5.32 Å². The number of aliphatic hydroxyl groups is 1. The van der Waals surface area contributed by atoms with E-state index in [1.54, 1.807) is 25.1 Å². The molecular formula is C19H17N3O6. The van der Waals surface area contributed by atoms with Crippen molar-refractivity contribution in [2.24, 2.45) is 0 Å². The van der Waals surface area contributed by atoms with E-state index in [2.05, 4.69) is 10.3 Å². The van der Waals surface area contributed by atoms with Crippen LogP contribution >= 0.6 is 0 Å². The predicted octanol–water partition coefficient (Wildman–Crippen LogP) is 2.65. The van der Waals surface area contributed by atoms with Gasteiger partial charge < -0.3 is 19.9 Å². The molecule has 0 amide bonds. The van der Waals surface area contributed by atoms with E-state index in [4.69, 9.17) is 4.42 Å². The summed E-state index contributed by atoms with van der Waals surface area (Å²) < 4.78 is 5.51. The van der Waals surface area contributed by atoms with Gasteiger partial charge in [-0.05, 0) is 36.8 Å². The minimum Gasteiger partial charge on any atom is -0.502 e. The van der Waals surface area contributed by atoms with Gasteiger partial charge in [-0.3, -0.25) is 14.9 Å². The molecule has 1 atom stereocenters. The van der Waals surface area contributed by atoms with Crippen LogP contribution in [0.4, 0.5) is 11.5 Å². The zero-order chi connectivity index (χ0) is 20.3. The Morgan fingerprint density at radius 1 is 1.25 bits per heavy atom. The number of hydrogen-bond acceptors (Lipinski definition) is 8. The van der Waals surface area contributed by atoms with E-state index in [0.29, 0.717) is 11.4 Å². The first kappa shape index (κ1) is 19.1. The van der Waals surface area contributed by atoms with Crippen molar-refractivity contribution in [1.29, 1.82) is 0 Å². The van der Waals surface area contributed by atoms with Gasteiger partial charge >= 0.3 is 0 Å². The molecule has 9 heteroatoms. The van der Waals surface area contributed by atoms with E-state index in [-0.39, 0.29) is 17.2 Å². The van der Waals surface area contributed by atoms with Crippen LogP contribution in [0.25, 0.3) is 0 Å². The van der Waals surface area contributed by atoms with Gasteiger partial charge in [0.15, 0.2) is 5.76 Å². The molecule has 0 spiro atoms. The van der Waals surface area contributed by atoms with Gasteiger partial charge in [-0.1, -0.05) is 6.07 Å². The van der Waals surface area contributed by atoms with E-state index >= 15 is 0 Å². The number of aromatic nitrogens is 1. The topological polar surface area (TPSA) is 139 Å². The zero-order valence-electron chi connectivity index (χ0n) is 14.8. The van der Waals surface area contributed by atoms with Gasteiger partial charge in [0.1, 0.15) is 24.2 Å². The number of nitro benzene ring substituents is 1. The highest BCUT2D eigenvalue weighted by Crippen LogP contribution is 2.32. The Kier molecular flexibility index (Phi) is 5.37. The average Bonchev–Trinajstić information content (AvgIpc) is 2.68. The highest BCUT2D eigenvalue weighted by molar-refractivity contribution is 5.47. The van der Waals surface area contributed by atoms with E-state index < -0.39 is 28.8 Å². The van der Waals surface area contributed by atoms with Crippen molar-refractivity contribution in [3.8, 4) is 5.75 Å². The number of benzene rings is 1. The molecule has 0 fully saturated rings. The normalized spacial score (nSPS) is 11.8. The quantitative estimate of drug-likeness (QED) is 0.436. The van der Waals surface area contributed by atoms with Gasteiger partial charge in [0, 0.05) is 23.9 Å². The van der Waals surface area contributed by atoms with Crippen molar-refractivity contribution < 1.29 is 19.6 Å². The second-order valence-electron chi connectivity index (χ2n) is 6.04. The summed E-state index contributed by atoms with van der Waals surface area (Å²) in [6.07, 6.45) is 0. The number of nitro groups is 1. The first-order valence-electron chi connectivity index (χ1n) is 8.30. The van der Waals surface area contributed by atoms with Gasteiger partial charge in [-0.25, -0.2) is 4.98 Å². The number of aromatic hydroxyl groups is 1. The Hall–Kier alpha value is -3.72. The first-order chi connectivity index (χ1) is 13.4. The fourth-order valence-electron chi connectivity index (χ4n) is 2.69. The van der Waals surface area contributed by atoms with E-state index in [1.807, 2.05) is 0 Å². The minimum absolute atomic E-state index is 0.0243. The third kappa shape index (κ3) is 3.99. The average molecular weight is 383 g/mol. The van der Waals surface area contributed by atoms with Crippen LogP contribution in [0.15, 0.2) is 57.7 Å². The summed E-state index contributed by atoms with van der Waals surface area (Å²) in [6, 6.07) is 11.0. The molecule has 0 radical (unpaired) electrons. The maximum Gasteiger partial charge on any atom is 0.269 e. The standard InChI is InChI=1S/C19H17N3O6/c1-11-3-2-4-16(20-11)21-17(12-5-7-13(8-6-12)22(26)27)19-18(25)15(24)9-14(10-23)28-19/h2-9,17,23,25H,10H2,1H3,(H,20,21). The Morgan fingerprint density at radius 3 is 2.57 bits per heavy atom. The molecule has 0 aliphatic carbocycles. The summed E-state index contributed by atoms with van der Waals surface area (Å²) in [5.41, 5.74) is 0.409. The van der Waals surface area contributed by atoms with Crippen molar-refractivity contribution in [3.63, 3.8) is 0 Å². The number of anilines is 1. The van der Waals surface area contributed by atoms with Crippen molar-refractivity contribution in [2.45, 2.75) is 19.6 Å². The summed E-state index contributed by atoms with van der Waals surface area (Å²) in [5.74, 6) is -0.335. The van der Waals surface area contributed by atoms with Gasteiger partial charge in [-0.15, -0.1) is 0 Å². The molecule has 0 aliphatic heterocycles. The maximum atomic E-state index is 12.1. The van der Waals surface area contributed by atoms with E-state index in [9.17, 15) is 25.1 Å². The number of non-ortho nitro benzene ring substituents is 1. The Bertz CT molecular complexity index is 1060. The molecule has 3 aromatic rings. The first-order valence-corrected chi connectivity index (χ1v) is 8.30. The second kappa shape index (κ2) is 7.89. The molecular weight excluding hydrogens is 366 g/mol. The summed E-state index contributed by atoms with van der Waals surface area (Å²) >= 11 is 0. The molecule has 144 valence electrons. The molecule has 0 saturated heterocycles. The molecule has 9 nitrogen and oxygen atoms in total. The van der Waals surface area contributed by atoms with Crippen molar-refractivity contribution in [3.05, 3.63) is 91.6 Å². The molecule has 3 rings (SSSR count). The van der Waals surface area contributed by atoms with Crippen LogP contribution in [0, 0.1) is 17.0 Å². The second-order valence-corrected chi connectivity index (χ2v) is 6.04. The smallest absolute Gasteiger partial charge is 0.269 e. The van der Waals surface area contributed by atoms with Gasteiger partial charge in [0.05, 0.1) is 4.92 Å². The predicted molar refractivity (Wildman–Crippen MR) is 100 cm³/mol. The highest BCUT2D eigenvalue weighted by atomic mass is 16.6. The molecule has 1 unspecified atom stereocenters. The van der Waals surface area contributed by atoms with E-state index in [0.717, 1.165) is 11.8 Å². The number of hydrogen-bond donors (Lipinski definition) is 3. The van der Waals surface area contributed by atoms with Crippen LogP contribution in [0.3, 0.4) is 0 Å². The summed E-state index contributed by atoms with van der Waals surface area (Å²) in [7, 11) is 0. The number of nitrogens with zero attached hydrogens (tertiary/aromatic N) is 2. The SMILES string of the molecule is Cc1cccc(NC(c2ccc([N+](=O)[O-])cc2)c2oc(CO)cc(=O)c2O)n1. The molecule has 0 aliphatic rings. The lowest BCUT2D eigenvalue weighted by molar-refractivity contribution is -0.384. The lowest BCUT2D eigenvalue weighted by Crippen LogP contribution is -2.17. The van der Waals surface area contributed by atoms with Crippen LogP contribution in [-0.2, 0) is 6.61 Å². The summed E-state index contributed by atoms with van der Waals surface area (Å²) in [5, 5.41) is 33.6.